The molecule has 0 radical (unpaired) electrons. The van der Waals surface area contributed by atoms with Crippen molar-refractivity contribution >= 4 is 17.0 Å². The molecule has 20 heavy (non-hydrogen) atoms. The topological polar surface area (TPSA) is 69.6 Å². The van der Waals surface area contributed by atoms with Gasteiger partial charge in [-0.05, 0) is 32.0 Å². The fourth-order valence-corrected chi connectivity index (χ4v) is 2.52. The Kier molecular flexibility index (Phi) is 3.10. The molecule has 3 aromatic rings. The fraction of sp³-hybridized carbons (Fsp3) is 0.267. The van der Waals surface area contributed by atoms with Crippen molar-refractivity contribution in [3.05, 3.63) is 47.5 Å². The summed E-state index contributed by atoms with van der Waals surface area (Å²) in [5.41, 5.74) is 9.67. The van der Waals surface area contributed by atoms with Crippen LogP contribution in [0.15, 0.2) is 30.3 Å². The van der Waals surface area contributed by atoms with Crippen molar-refractivity contribution in [3.8, 4) is 0 Å². The minimum atomic E-state index is 0.319. The minimum Gasteiger partial charge on any atom is -0.368 e. The third kappa shape index (κ3) is 2.22. The summed E-state index contributed by atoms with van der Waals surface area (Å²) in [6.45, 7) is 4.93. The van der Waals surface area contributed by atoms with Gasteiger partial charge in [-0.1, -0.05) is 12.1 Å². The minimum absolute atomic E-state index is 0.319. The van der Waals surface area contributed by atoms with Crippen molar-refractivity contribution in [2.75, 3.05) is 5.73 Å². The molecule has 2 N–H and O–H groups in total. The molecular formula is C15H17N5. The van der Waals surface area contributed by atoms with Crippen LogP contribution in [0.2, 0.25) is 0 Å². The maximum Gasteiger partial charge on any atom is 0.220 e. The first-order valence-electron chi connectivity index (χ1n) is 6.71. The van der Waals surface area contributed by atoms with E-state index >= 15 is 0 Å². The SMILES string of the molecule is CCn1c(Cc2cc(C)nc(N)n2)nc2ccccc21. The molecule has 3 rings (SSSR count). The number of nitrogen functional groups attached to an aromatic ring is 1. The third-order valence-corrected chi connectivity index (χ3v) is 3.31. The first-order chi connectivity index (χ1) is 9.67. The van der Waals surface area contributed by atoms with Gasteiger partial charge in [0.15, 0.2) is 0 Å². The summed E-state index contributed by atoms with van der Waals surface area (Å²) in [7, 11) is 0. The van der Waals surface area contributed by atoms with Gasteiger partial charge in [0.2, 0.25) is 5.95 Å². The number of anilines is 1. The van der Waals surface area contributed by atoms with Gasteiger partial charge in [0.25, 0.3) is 0 Å². The lowest BCUT2D eigenvalue weighted by Crippen LogP contribution is -2.06. The summed E-state index contributed by atoms with van der Waals surface area (Å²) in [6, 6.07) is 10.1. The van der Waals surface area contributed by atoms with E-state index in [2.05, 4.69) is 27.5 Å². The highest BCUT2D eigenvalue weighted by Crippen LogP contribution is 2.18. The molecule has 0 spiro atoms. The van der Waals surface area contributed by atoms with Crippen LogP contribution in [-0.2, 0) is 13.0 Å². The van der Waals surface area contributed by atoms with Gasteiger partial charge in [-0.3, -0.25) is 0 Å². The second-order valence-electron chi connectivity index (χ2n) is 4.80. The van der Waals surface area contributed by atoms with Gasteiger partial charge >= 0.3 is 0 Å². The Balaban J connectivity index is 2.05. The van der Waals surface area contributed by atoms with E-state index in [0.717, 1.165) is 34.8 Å². The summed E-state index contributed by atoms with van der Waals surface area (Å²) in [6.07, 6.45) is 0.663. The zero-order valence-electron chi connectivity index (χ0n) is 11.7. The van der Waals surface area contributed by atoms with Crippen molar-refractivity contribution in [1.82, 2.24) is 19.5 Å². The van der Waals surface area contributed by atoms with Crippen LogP contribution in [0.5, 0.6) is 0 Å². The quantitative estimate of drug-likeness (QED) is 0.790. The van der Waals surface area contributed by atoms with E-state index in [0.29, 0.717) is 12.4 Å². The Labute approximate surface area is 117 Å². The lowest BCUT2D eigenvalue weighted by Gasteiger charge is -2.06. The molecule has 0 amide bonds. The second-order valence-corrected chi connectivity index (χ2v) is 4.80. The van der Waals surface area contributed by atoms with Gasteiger partial charge in [0.05, 0.1) is 16.7 Å². The number of fused-ring (bicyclic) bond motifs is 1. The van der Waals surface area contributed by atoms with Crippen molar-refractivity contribution < 1.29 is 0 Å². The third-order valence-electron chi connectivity index (χ3n) is 3.31. The fourth-order valence-electron chi connectivity index (χ4n) is 2.52. The van der Waals surface area contributed by atoms with Crippen LogP contribution in [0.25, 0.3) is 11.0 Å². The van der Waals surface area contributed by atoms with E-state index in [9.17, 15) is 0 Å². The van der Waals surface area contributed by atoms with E-state index in [4.69, 9.17) is 10.7 Å². The number of aryl methyl sites for hydroxylation is 2. The number of para-hydroxylation sites is 2. The second kappa shape index (κ2) is 4.92. The number of hydrogen-bond donors (Lipinski definition) is 1. The van der Waals surface area contributed by atoms with Crippen LogP contribution in [-0.4, -0.2) is 19.5 Å². The summed E-state index contributed by atoms with van der Waals surface area (Å²) in [5, 5.41) is 0. The largest absolute Gasteiger partial charge is 0.368 e. The zero-order chi connectivity index (χ0) is 14.1. The summed E-state index contributed by atoms with van der Waals surface area (Å²) >= 11 is 0. The van der Waals surface area contributed by atoms with Crippen molar-refractivity contribution in [2.45, 2.75) is 26.8 Å². The van der Waals surface area contributed by atoms with Gasteiger partial charge in [-0.25, -0.2) is 15.0 Å². The van der Waals surface area contributed by atoms with Gasteiger partial charge in [-0.15, -0.1) is 0 Å². The number of nitrogens with zero attached hydrogens (tertiary/aromatic N) is 4. The highest BCUT2D eigenvalue weighted by Gasteiger charge is 2.11. The van der Waals surface area contributed by atoms with Crippen LogP contribution in [0, 0.1) is 6.92 Å². The Morgan fingerprint density at radius 2 is 1.95 bits per heavy atom. The first-order valence-corrected chi connectivity index (χ1v) is 6.71. The van der Waals surface area contributed by atoms with Crippen LogP contribution < -0.4 is 5.73 Å². The number of aromatic nitrogens is 4. The van der Waals surface area contributed by atoms with E-state index in [-0.39, 0.29) is 0 Å². The van der Waals surface area contributed by atoms with Crippen LogP contribution >= 0.6 is 0 Å². The summed E-state index contributed by atoms with van der Waals surface area (Å²) in [5.74, 6) is 1.32. The number of benzene rings is 1. The van der Waals surface area contributed by atoms with E-state index in [1.165, 1.54) is 0 Å². The summed E-state index contributed by atoms with van der Waals surface area (Å²) in [4.78, 5) is 13.1. The number of imidazole rings is 1. The standard InChI is InChI=1S/C15H17N5/c1-3-20-13-7-5-4-6-12(13)19-14(20)9-11-8-10(2)17-15(16)18-11/h4-8H,3,9H2,1-2H3,(H2,16,17,18). The molecule has 102 valence electrons. The van der Waals surface area contributed by atoms with Gasteiger partial charge in [0, 0.05) is 18.7 Å². The summed E-state index contributed by atoms with van der Waals surface area (Å²) < 4.78 is 2.21. The molecule has 0 atom stereocenters. The molecule has 0 saturated heterocycles. The molecule has 0 fully saturated rings. The van der Waals surface area contributed by atoms with Gasteiger partial charge < -0.3 is 10.3 Å². The normalized spacial score (nSPS) is 11.1. The molecule has 1 aromatic carbocycles. The first kappa shape index (κ1) is 12.6. The predicted octanol–water partition coefficient (Wildman–Crippen LogP) is 2.33. The van der Waals surface area contributed by atoms with E-state index in [1.54, 1.807) is 0 Å². The van der Waals surface area contributed by atoms with Gasteiger partial charge in [0.1, 0.15) is 5.82 Å². The van der Waals surface area contributed by atoms with Gasteiger partial charge in [-0.2, -0.15) is 0 Å². The molecule has 0 aliphatic rings. The molecule has 2 heterocycles. The number of rotatable bonds is 3. The molecule has 5 nitrogen and oxygen atoms in total. The van der Waals surface area contributed by atoms with Crippen LogP contribution in [0.4, 0.5) is 5.95 Å². The monoisotopic (exact) mass is 267 g/mol. The molecule has 2 aromatic heterocycles. The Bertz CT molecular complexity index is 740. The average molecular weight is 267 g/mol. The lowest BCUT2D eigenvalue weighted by molar-refractivity contribution is 0.728. The zero-order valence-corrected chi connectivity index (χ0v) is 11.7. The maximum absolute atomic E-state index is 5.71. The average Bonchev–Trinajstić information content (AvgIpc) is 2.74. The molecule has 0 unspecified atom stereocenters. The maximum atomic E-state index is 5.71. The number of hydrogen-bond acceptors (Lipinski definition) is 4. The Morgan fingerprint density at radius 3 is 2.70 bits per heavy atom. The smallest absolute Gasteiger partial charge is 0.220 e. The van der Waals surface area contributed by atoms with Crippen LogP contribution in [0.3, 0.4) is 0 Å². The van der Waals surface area contributed by atoms with Crippen molar-refractivity contribution in [1.29, 1.82) is 0 Å². The van der Waals surface area contributed by atoms with E-state index < -0.39 is 0 Å². The highest BCUT2D eigenvalue weighted by atomic mass is 15.1. The van der Waals surface area contributed by atoms with Crippen molar-refractivity contribution in [2.24, 2.45) is 0 Å². The number of nitrogens with two attached hydrogens (primary N) is 1. The van der Waals surface area contributed by atoms with E-state index in [1.807, 2.05) is 31.2 Å². The van der Waals surface area contributed by atoms with Crippen LogP contribution in [0.1, 0.15) is 24.1 Å². The molecule has 0 aliphatic heterocycles. The molecule has 0 bridgehead atoms. The predicted molar refractivity (Wildman–Crippen MR) is 79.4 cm³/mol. The molecule has 0 aliphatic carbocycles. The molecular weight excluding hydrogens is 250 g/mol. The Hall–Kier alpha value is -2.43. The highest BCUT2D eigenvalue weighted by molar-refractivity contribution is 5.75. The molecule has 5 heteroatoms. The lowest BCUT2D eigenvalue weighted by atomic mass is 10.2. The Morgan fingerprint density at radius 1 is 1.15 bits per heavy atom. The van der Waals surface area contributed by atoms with Crippen molar-refractivity contribution in [3.63, 3.8) is 0 Å². The molecule has 0 saturated carbocycles.